The number of H-pyrrole nitrogens is 1. The molecule has 11 heteroatoms. The fraction of sp³-hybridized carbons (Fsp3) is 0.300. The van der Waals surface area contributed by atoms with Crippen molar-refractivity contribution in [1.29, 1.82) is 0 Å². The molecule has 1 fully saturated rings. The second kappa shape index (κ2) is 8.08. The number of carbonyl (C=O) groups excluding carboxylic acids is 1. The van der Waals surface area contributed by atoms with Crippen LogP contribution in [0.25, 0.3) is 11.0 Å². The summed E-state index contributed by atoms with van der Waals surface area (Å²) in [5, 5.41) is 0.308. The summed E-state index contributed by atoms with van der Waals surface area (Å²) in [5.41, 5.74) is -0.517. The van der Waals surface area contributed by atoms with Crippen LogP contribution in [-0.4, -0.2) is 53.4 Å². The normalized spacial score (nSPS) is 15.8. The van der Waals surface area contributed by atoms with Gasteiger partial charge in [-0.25, -0.2) is 23.0 Å². The van der Waals surface area contributed by atoms with Crippen molar-refractivity contribution in [2.45, 2.75) is 23.8 Å². The Morgan fingerprint density at radius 1 is 1.13 bits per heavy atom. The fourth-order valence-corrected chi connectivity index (χ4v) is 5.23. The average Bonchev–Trinajstić information content (AvgIpc) is 2.79. The van der Waals surface area contributed by atoms with Gasteiger partial charge in [-0.15, -0.1) is 0 Å². The van der Waals surface area contributed by atoms with Crippen LogP contribution < -0.4 is 11.2 Å². The van der Waals surface area contributed by atoms with Crippen LogP contribution in [0.5, 0.6) is 0 Å². The van der Waals surface area contributed by atoms with Crippen molar-refractivity contribution in [2.75, 3.05) is 20.2 Å². The number of fused-ring (bicyclic) bond motifs is 1. The van der Waals surface area contributed by atoms with Gasteiger partial charge in [-0.1, -0.05) is 0 Å². The van der Waals surface area contributed by atoms with E-state index in [2.05, 4.69) is 14.7 Å². The van der Waals surface area contributed by atoms with Gasteiger partial charge in [0, 0.05) is 25.3 Å². The SMILES string of the molecule is COC(=O)c1ccc(S(=O)(=O)N2CCC(n3c(=O)[nH]c4ncccc4c3=O)CC2)cc1. The van der Waals surface area contributed by atoms with E-state index >= 15 is 0 Å². The monoisotopic (exact) mass is 444 g/mol. The minimum atomic E-state index is -3.77. The van der Waals surface area contributed by atoms with Gasteiger partial charge in [-0.05, 0) is 49.2 Å². The zero-order valence-electron chi connectivity index (χ0n) is 16.6. The summed E-state index contributed by atoms with van der Waals surface area (Å²) in [6.45, 7) is 0.311. The smallest absolute Gasteiger partial charge is 0.337 e. The van der Waals surface area contributed by atoms with Crippen LogP contribution in [0.3, 0.4) is 0 Å². The van der Waals surface area contributed by atoms with E-state index in [1.165, 1.54) is 41.9 Å². The summed E-state index contributed by atoms with van der Waals surface area (Å²) in [7, 11) is -2.52. The number of piperidine rings is 1. The van der Waals surface area contributed by atoms with Gasteiger partial charge in [0.05, 0.1) is 23.0 Å². The molecule has 31 heavy (non-hydrogen) atoms. The molecular weight excluding hydrogens is 424 g/mol. The number of benzene rings is 1. The third-order valence-electron chi connectivity index (χ3n) is 5.40. The number of methoxy groups -OCH3 is 1. The lowest BCUT2D eigenvalue weighted by Gasteiger charge is -2.31. The Hall–Kier alpha value is -3.31. The minimum absolute atomic E-state index is 0.0606. The number of aromatic amines is 1. The van der Waals surface area contributed by atoms with Crippen LogP contribution >= 0.6 is 0 Å². The van der Waals surface area contributed by atoms with Gasteiger partial charge >= 0.3 is 11.7 Å². The van der Waals surface area contributed by atoms with E-state index in [9.17, 15) is 22.8 Å². The third kappa shape index (κ3) is 3.77. The molecule has 1 aliphatic rings. The molecule has 0 atom stereocenters. The van der Waals surface area contributed by atoms with Gasteiger partial charge in [0.1, 0.15) is 5.65 Å². The maximum Gasteiger partial charge on any atom is 0.337 e. The van der Waals surface area contributed by atoms with Crippen LogP contribution in [-0.2, 0) is 14.8 Å². The van der Waals surface area contributed by atoms with Gasteiger partial charge < -0.3 is 4.74 Å². The summed E-state index contributed by atoms with van der Waals surface area (Å²) >= 11 is 0. The van der Waals surface area contributed by atoms with Crippen LogP contribution in [0, 0.1) is 0 Å². The number of esters is 1. The van der Waals surface area contributed by atoms with E-state index in [1.54, 1.807) is 12.1 Å². The number of hydrogen-bond donors (Lipinski definition) is 1. The Morgan fingerprint density at radius 3 is 2.45 bits per heavy atom. The van der Waals surface area contributed by atoms with Gasteiger partial charge in [0.25, 0.3) is 5.56 Å². The largest absolute Gasteiger partial charge is 0.465 e. The molecule has 0 saturated carbocycles. The average molecular weight is 444 g/mol. The summed E-state index contributed by atoms with van der Waals surface area (Å²) < 4.78 is 33.0. The molecule has 0 unspecified atom stereocenters. The van der Waals surface area contributed by atoms with Gasteiger partial charge in [0.2, 0.25) is 10.0 Å². The predicted octanol–water partition coefficient (Wildman–Crippen LogP) is 0.897. The molecule has 4 rings (SSSR count). The van der Waals surface area contributed by atoms with Crippen molar-refractivity contribution in [2.24, 2.45) is 0 Å². The standard InChI is InChI=1S/C20H20N4O6S/c1-30-19(26)13-4-6-15(7-5-13)31(28,29)23-11-8-14(9-12-23)24-18(25)16-3-2-10-21-17(16)22-20(24)27/h2-7,10,14H,8-9,11-12H2,1H3,(H,21,22,27). The number of aromatic nitrogens is 3. The molecule has 3 aromatic rings. The Bertz CT molecular complexity index is 1350. The molecule has 162 valence electrons. The Balaban J connectivity index is 1.55. The highest BCUT2D eigenvalue weighted by Gasteiger charge is 2.31. The van der Waals surface area contributed by atoms with E-state index in [1.807, 2.05) is 0 Å². The number of pyridine rings is 1. The quantitative estimate of drug-likeness (QED) is 0.591. The Kier molecular flexibility index (Phi) is 5.46. The molecular formula is C20H20N4O6S. The predicted molar refractivity (Wildman–Crippen MR) is 111 cm³/mol. The third-order valence-corrected chi connectivity index (χ3v) is 7.32. The van der Waals surface area contributed by atoms with Crippen molar-refractivity contribution in [3.05, 3.63) is 69.0 Å². The molecule has 0 bridgehead atoms. The zero-order chi connectivity index (χ0) is 22.2. The molecule has 0 amide bonds. The summed E-state index contributed by atoms with van der Waals surface area (Å²) in [6, 6.07) is 8.30. The maximum absolute atomic E-state index is 13.0. The van der Waals surface area contributed by atoms with Crippen molar-refractivity contribution >= 4 is 27.0 Å². The number of sulfonamides is 1. The molecule has 3 heterocycles. The molecule has 0 radical (unpaired) electrons. The van der Waals surface area contributed by atoms with Crippen LogP contribution in [0.2, 0.25) is 0 Å². The summed E-state index contributed by atoms with van der Waals surface area (Å²) in [5.74, 6) is -0.550. The molecule has 1 aliphatic heterocycles. The van der Waals surface area contributed by atoms with Crippen LogP contribution in [0.4, 0.5) is 0 Å². The first kappa shape index (κ1) is 20.9. The lowest BCUT2D eigenvalue weighted by molar-refractivity contribution is 0.0600. The van der Waals surface area contributed by atoms with Crippen molar-refractivity contribution in [3.63, 3.8) is 0 Å². The Labute approximate surface area is 177 Å². The number of hydrogen-bond acceptors (Lipinski definition) is 7. The van der Waals surface area contributed by atoms with Crippen molar-refractivity contribution < 1.29 is 17.9 Å². The lowest BCUT2D eigenvalue weighted by atomic mass is 10.1. The maximum atomic E-state index is 13.0. The first-order chi connectivity index (χ1) is 14.8. The highest BCUT2D eigenvalue weighted by molar-refractivity contribution is 7.89. The van der Waals surface area contributed by atoms with E-state index in [0.29, 0.717) is 18.2 Å². The fourth-order valence-electron chi connectivity index (χ4n) is 3.76. The number of ether oxygens (including phenoxy) is 1. The molecule has 0 aliphatic carbocycles. The molecule has 0 spiro atoms. The molecule has 2 aromatic heterocycles. The molecule has 1 N–H and O–H groups in total. The summed E-state index contributed by atoms with van der Waals surface area (Å²) in [6.07, 6.45) is 2.12. The van der Waals surface area contributed by atoms with E-state index in [4.69, 9.17) is 0 Å². The highest BCUT2D eigenvalue weighted by Crippen LogP contribution is 2.26. The number of carbonyl (C=O) groups is 1. The van der Waals surface area contributed by atoms with Gasteiger partial charge in [-0.3, -0.25) is 14.3 Å². The van der Waals surface area contributed by atoms with Crippen molar-refractivity contribution in [3.8, 4) is 0 Å². The second-order valence-corrected chi connectivity index (χ2v) is 9.09. The lowest BCUT2D eigenvalue weighted by Crippen LogP contribution is -2.45. The van der Waals surface area contributed by atoms with Gasteiger partial charge in [0.15, 0.2) is 0 Å². The second-order valence-electron chi connectivity index (χ2n) is 7.16. The zero-order valence-corrected chi connectivity index (χ0v) is 17.5. The first-order valence-electron chi connectivity index (χ1n) is 9.61. The molecule has 1 saturated heterocycles. The first-order valence-corrected chi connectivity index (χ1v) is 11.0. The van der Waals surface area contributed by atoms with Gasteiger partial charge in [-0.2, -0.15) is 4.31 Å². The minimum Gasteiger partial charge on any atom is -0.465 e. The van der Waals surface area contributed by atoms with E-state index in [-0.39, 0.29) is 29.2 Å². The highest BCUT2D eigenvalue weighted by atomic mass is 32.2. The van der Waals surface area contributed by atoms with Crippen LogP contribution in [0.15, 0.2) is 57.1 Å². The number of nitrogens with one attached hydrogen (secondary N) is 1. The van der Waals surface area contributed by atoms with E-state index < -0.39 is 33.3 Å². The summed E-state index contributed by atoms with van der Waals surface area (Å²) in [4.78, 5) is 43.5. The topological polar surface area (TPSA) is 131 Å². The molecule has 10 nitrogen and oxygen atoms in total. The molecule has 1 aromatic carbocycles. The van der Waals surface area contributed by atoms with Crippen LogP contribution in [0.1, 0.15) is 29.2 Å². The number of rotatable bonds is 4. The number of nitrogens with zero attached hydrogens (tertiary/aromatic N) is 3. The van der Waals surface area contributed by atoms with E-state index in [0.717, 1.165) is 4.57 Å². The van der Waals surface area contributed by atoms with Crippen molar-refractivity contribution in [1.82, 2.24) is 18.8 Å². The Morgan fingerprint density at radius 2 is 1.81 bits per heavy atom.